The fourth-order valence-corrected chi connectivity index (χ4v) is 3.98. The summed E-state index contributed by atoms with van der Waals surface area (Å²) in [5.74, 6) is 0.501. The number of rotatable bonds is 6. The topological polar surface area (TPSA) is 49.4 Å². The fourth-order valence-electron chi connectivity index (χ4n) is 3.98. The molecule has 0 spiro atoms. The molecule has 4 nitrogen and oxygen atoms in total. The zero-order chi connectivity index (χ0) is 18.6. The van der Waals surface area contributed by atoms with E-state index in [1.54, 1.807) is 6.92 Å². The van der Waals surface area contributed by atoms with Crippen LogP contribution in [-0.4, -0.2) is 36.2 Å². The molecule has 1 fully saturated rings. The minimum absolute atomic E-state index is 0.141. The summed E-state index contributed by atoms with van der Waals surface area (Å²) in [5.41, 5.74) is 5.58. The maximum atomic E-state index is 12.1. The van der Waals surface area contributed by atoms with Gasteiger partial charge in [-0.1, -0.05) is 13.0 Å². The molecule has 1 aliphatic rings. The van der Waals surface area contributed by atoms with Crippen LogP contribution >= 0.6 is 0 Å². The van der Waals surface area contributed by atoms with Crippen LogP contribution in [0.1, 0.15) is 65.7 Å². The molecule has 0 radical (unpaired) electrons. The highest BCUT2D eigenvalue weighted by Gasteiger charge is 2.25. The third-order valence-corrected chi connectivity index (χ3v) is 5.37. The second kappa shape index (κ2) is 8.61. The Labute approximate surface area is 152 Å². The predicted molar refractivity (Wildman–Crippen MR) is 102 cm³/mol. The number of nitrogens with one attached hydrogen (secondary N) is 1. The number of likely N-dealkylation sites (tertiary alicyclic amines) is 1. The Morgan fingerprint density at radius 2 is 1.80 bits per heavy atom. The second-order valence-corrected chi connectivity index (χ2v) is 7.39. The third kappa shape index (κ3) is 4.69. The zero-order valence-corrected chi connectivity index (χ0v) is 16.4. The number of carbonyl (C=O) groups excluding carboxylic acids is 2. The van der Waals surface area contributed by atoms with Gasteiger partial charge in [0.2, 0.25) is 5.91 Å². The lowest BCUT2D eigenvalue weighted by molar-refractivity contribution is -0.126. The summed E-state index contributed by atoms with van der Waals surface area (Å²) in [6.45, 7) is 13.4. The first kappa shape index (κ1) is 19.6. The van der Waals surface area contributed by atoms with Gasteiger partial charge >= 0.3 is 0 Å². The van der Waals surface area contributed by atoms with Gasteiger partial charge in [0.25, 0.3) is 0 Å². The summed E-state index contributed by atoms with van der Waals surface area (Å²) >= 11 is 0. The molecule has 25 heavy (non-hydrogen) atoms. The van der Waals surface area contributed by atoms with E-state index in [1.807, 2.05) is 6.92 Å². The van der Waals surface area contributed by atoms with Crippen LogP contribution in [0.3, 0.4) is 0 Å². The van der Waals surface area contributed by atoms with Gasteiger partial charge in [-0.2, -0.15) is 0 Å². The van der Waals surface area contributed by atoms with Crippen LogP contribution in [0.4, 0.5) is 0 Å². The highest BCUT2D eigenvalue weighted by molar-refractivity contribution is 5.97. The van der Waals surface area contributed by atoms with Crippen LogP contribution in [0.15, 0.2) is 6.07 Å². The molecule has 2 rings (SSSR count). The lowest BCUT2D eigenvalue weighted by Gasteiger charge is -2.32. The van der Waals surface area contributed by atoms with E-state index in [2.05, 4.69) is 37.1 Å². The Morgan fingerprint density at radius 1 is 1.16 bits per heavy atom. The van der Waals surface area contributed by atoms with E-state index < -0.39 is 0 Å². The van der Waals surface area contributed by atoms with Crippen molar-refractivity contribution in [2.24, 2.45) is 5.92 Å². The molecule has 0 aromatic heterocycles. The molecule has 1 amide bonds. The summed E-state index contributed by atoms with van der Waals surface area (Å²) < 4.78 is 0. The van der Waals surface area contributed by atoms with Crippen LogP contribution in [0.25, 0.3) is 0 Å². The molecule has 138 valence electrons. The lowest BCUT2D eigenvalue weighted by atomic mass is 9.90. The number of piperidine rings is 1. The number of amides is 1. The van der Waals surface area contributed by atoms with Crippen LogP contribution in [0, 0.1) is 26.7 Å². The van der Waals surface area contributed by atoms with Crippen molar-refractivity contribution in [2.75, 3.05) is 19.6 Å². The smallest absolute Gasteiger partial charge is 0.223 e. The van der Waals surface area contributed by atoms with E-state index in [0.717, 1.165) is 62.1 Å². The van der Waals surface area contributed by atoms with Gasteiger partial charge in [-0.25, -0.2) is 0 Å². The summed E-state index contributed by atoms with van der Waals surface area (Å²) in [7, 11) is 0. The molecule has 0 aliphatic carbocycles. The minimum atomic E-state index is 0.141. The SMILES string of the molecule is CCCNC(=O)C1CCN(Cc2c(C)cc(C)c(C(C)=O)c2C)CC1. The Hall–Kier alpha value is -1.68. The number of nitrogens with zero attached hydrogens (tertiary/aromatic N) is 1. The number of ketones is 1. The standard InChI is InChI=1S/C21H32N2O2/c1-6-9-22-21(25)18-7-10-23(11-8-18)13-19-14(2)12-15(3)20(16(19)4)17(5)24/h12,18H,6-11,13H2,1-5H3,(H,22,25). The predicted octanol–water partition coefficient (Wildman–Crippen LogP) is 3.55. The molecule has 4 heteroatoms. The van der Waals surface area contributed by atoms with E-state index in [1.165, 1.54) is 11.1 Å². The average molecular weight is 344 g/mol. The van der Waals surface area contributed by atoms with Gasteiger partial charge in [0, 0.05) is 24.6 Å². The fraction of sp³-hybridized carbons (Fsp3) is 0.619. The van der Waals surface area contributed by atoms with E-state index in [4.69, 9.17) is 0 Å². The maximum Gasteiger partial charge on any atom is 0.223 e. The zero-order valence-electron chi connectivity index (χ0n) is 16.4. The molecule has 0 atom stereocenters. The van der Waals surface area contributed by atoms with Gasteiger partial charge < -0.3 is 5.32 Å². The van der Waals surface area contributed by atoms with Crippen molar-refractivity contribution < 1.29 is 9.59 Å². The molecular weight excluding hydrogens is 312 g/mol. The Balaban J connectivity index is 2.04. The second-order valence-electron chi connectivity index (χ2n) is 7.39. The lowest BCUT2D eigenvalue weighted by Crippen LogP contribution is -2.40. The molecule has 0 saturated carbocycles. The van der Waals surface area contributed by atoms with Crippen molar-refractivity contribution >= 4 is 11.7 Å². The van der Waals surface area contributed by atoms with Gasteiger partial charge in [0.1, 0.15) is 0 Å². The van der Waals surface area contributed by atoms with Crippen LogP contribution in [0.2, 0.25) is 0 Å². The van der Waals surface area contributed by atoms with E-state index in [9.17, 15) is 9.59 Å². The number of Topliss-reactive ketones (excluding diaryl/α,β-unsaturated/α-hetero) is 1. The van der Waals surface area contributed by atoms with Crippen molar-refractivity contribution in [3.63, 3.8) is 0 Å². The van der Waals surface area contributed by atoms with Crippen molar-refractivity contribution in [3.05, 3.63) is 33.9 Å². The number of carbonyl (C=O) groups is 2. The van der Waals surface area contributed by atoms with Gasteiger partial charge in [-0.15, -0.1) is 0 Å². The quantitative estimate of drug-likeness (QED) is 0.803. The molecule has 0 unspecified atom stereocenters. The normalized spacial score (nSPS) is 16.0. The van der Waals surface area contributed by atoms with Crippen molar-refractivity contribution in [3.8, 4) is 0 Å². The Kier molecular flexibility index (Phi) is 6.77. The summed E-state index contributed by atoms with van der Waals surface area (Å²) in [6, 6.07) is 2.13. The summed E-state index contributed by atoms with van der Waals surface area (Å²) in [5, 5.41) is 3.02. The molecule has 1 aliphatic heterocycles. The van der Waals surface area contributed by atoms with E-state index in [0.29, 0.717) is 0 Å². The number of aryl methyl sites for hydroxylation is 2. The van der Waals surface area contributed by atoms with Gasteiger partial charge in [0.15, 0.2) is 5.78 Å². The minimum Gasteiger partial charge on any atom is -0.356 e. The molecule has 1 heterocycles. The van der Waals surface area contributed by atoms with E-state index >= 15 is 0 Å². The monoisotopic (exact) mass is 344 g/mol. The first-order valence-electron chi connectivity index (χ1n) is 9.45. The molecule has 0 bridgehead atoms. The maximum absolute atomic E-state index is 12.1. The molecule has 1 aromatic rings. The Bertz CT molecular complexity index is 644. The molecule has 1 aromatic carbocycles. The van der Waals surface area contributed by atoms with Crippen molar-refractivity contribution in [2.45, 2.75) is 60.4 Å². The number of benzene rings is 1. The van der Waals surface area contributed by atoms with Gasteiger partial charge in [-0.05, 0) is 82.3 Å². The van der Waals surface area contributed by atoms with Gasteiger partial charge in [0.05, 0.1) is 0 Å². The highest BCUT2D eigenvalue weighted by Crippen LogP contribution is 2.26. The van der Waals surface area contributed by atoms with Gasteiger partial charge in [-0.3, -0.25) is 14.5 Å². The van der Waals surface area contributed by atoms with Crippen molar-refractivity contribution in [1.29, 1.82) is 0 Å². The molecule has 1 N–H and O–H groups in total. The third-order valence-electron chi connectivity index (χ3n) is 5.37. The first-order chi connectivity index (χ1) is 11.8. The largest absolute Gasteiger partial charge is 0.356 e. The molecule has 1 saturated heterocycles. The van der Waals surface area contributed by atoms with Crippen LogP contribution in [0.5, 0.6) is 0 Å². The van der Waals surface area contributed by atoms with Crippen LogP contribution in [-0.2, 0) is 11.3 Å². The molecular formula is C21H32N2O2. The highest BCUT2D eigenvalue weighted by atomic mass is 16.1. The average Bonchev–Trinajstić information content (AvgIpc) is 2.56. The summed E-state index contributed by atoms with van der Waals surface area (Å²) in [4.78, 5) is 26.5. The van der Waals surface area contributed by atoms with E-state index in [-0.39, 0.29) is 17.6 Å². The van der Waals surface area contributed by atoms with Crippen molar-refractivity contribution in [1.82, 2.24) is 10.2 Å². The number of hydrogen-bond donors (Lipinski definition) is 1. The Morgan fingerprint density at radius 3 is 2.36 bits per heavy atom. The number of hydrogen-bond acceptors (Lipinski definition) is 3. The first-order valence-corrected chi connectivity index (χ1v) is 9.45. The summed E-state index contributed by atoms with van der Waals surface area (Å²) in [6.07, 6.45) is 2.81. The van der Waals surface area contributed by atoms with Crippen LogP contribution < -0.4 is 5.32 Å².